The number of aromatic carboxylic acids is 2. The van der Waals surface area contributed by atoms with E-state index in [2.05, 4.69) is 41.3 Å². The first kappa shape index (κ1) is 100. The third-order valence-electron chi connectivity index (χ3n) is 12.8. The quantitative estimate of drug-likeness (QED) is 0.0159. The van der Waals surface area contributed by atoms with Crippen molar-refractivity contribution in [2.45, 2.75) is 43.2 Å². The number of carboxylic acid groups (broad SMARTS) is 2. The molecule has 0 saturated heterocycles. The minimum atomic E-state index is -5.46. The van der Waals surface area contributed by atoms with Crippen molar-refractivity contribution < 1.29 is 319 Å². The van der Waals surface area contributed by atoms with Crippen molar-refractivity contribution in [1.29, 1.82) is 0 Å². The number of rotatable bonds is 22. The van der Waals surface area contributed by atoms with E-state index in [-0.39, 0.29) is 246 Å². The molecule has 0 atom stereocenters. The van der Waals surface area contributed by atoms with E-state index in [0.717, 1.165) is 85.0 Å². The molecule has 0 spiro atoms. The number of nitrogens with one attached hydrogen (secondary N) is 2. The Kier molecular flexibility index (Phi) is 38.7. The van der Waals surface area contributed by atoms with Gasteiger partial charge in [-0.15, -0.1) is 11.4 Å². The van der Waals surface area contributed by atoms with Gasteiger partial charge in [0, 0.05) is 34.7 Å². The molecule has 2 amide bonds. The van der Waals surface area contributed by atoms with Gasteiger partial charge in [0.1, 0.15) is 71.8 Å². The van der Waals surface area contributed by atoms with Crippen molar-refractivity contribution in [3.8, 4) is 11.4 Å². The maximum Gasteiger partial charge on any atom is 2.00 e. The second-order valence-corrected chi connectivity index (χ2v) is 27.4. The topological polar surface area (TPSA) is 601 Å². The fourth-order valence-electron chi connectivity index (χ4n) is 8.46. The van der Waals surface area contributed by atoms with Gasteiger partial charge in [-0.25, -0.2) is 70.1 Å². The molecule has 8 rings (SSSR count). The summed E-state index contributed by atoms with van der Waals surface area (Å²) < 4.78 is 219. The molecular formula is C54H32Cu2N10Na6O26S6. The SMILES string of the molecule is Cc1nn(-c2ccc(C=Cc3ccc(NC(=O)C=CC(=O)Nc4ccc(C=Cc5ccc(-n6nc(C)[c-](N=Nc7ccc(S(=O)(=O)[O-])cc7C(=O)[O-])c6=O)cc5S(=O)(=O)[O-])c(S(=O)(=O)[O-])c4)cc3S(=O)(=O)[O-])c(S(=O)(=O)[O-])c2)c(=O)[c-]1N=Nc1ccc(S(=O)(=O)[O-])cc1C(=O)[O-].[Cu+2].[Cu+2].[Na+].[Na+].[Na+].[Na+].[Na+].[Na+]. The van der Waals surface area contributed by atoms with Crippen LogP contribution in [0.5, 0.6) is 0 Å². The molecular weight excluding hydrogens is 1660 g/mol. The predicted octanol–water partition coefficient (Wildman–Crippen LogP) is -16.7. The van der Waals surface area contributed by atoms with Crippen LogP contribution in [-0.4, -0.2) is 121 Å². The molecule has 0 aliphatic rings. The molecule has 2 aromatic heterocycles. The Bertz CT molecular complexity index is 5370. The number of amides is 2. The Balaban J connectivity index is 0.0000133. The molecule has 2 heterocycles. The van der Waals surface area contributed by atoms with Gasteiger partial charge in [-0.3, -0.25) is 9.59 Å². The summed E-state index contributed by atoms with van der Waals surface area (Å²) in [5.41, 5.74) is -9.90. The summed E-state index contributed by atoms with van der Waals surface area (Å²) in [5, 5.41) is 50.2. The zero-order valence-corrected chi connectivity index (χ0v) is 72.9. The Morgan fingerprint density at radius 3 is 0.962 bits per heavy atom. The third-order valence-corrected chi connectivity index (χ3v) is 18.1. The molecule has 0 aliphatic heterocycles. The largest absolute Gasteiger partial charge is 2.00 e. The summed E-state index contributed by atoms with van der Waals surface area (Å²) in [6.07, 6.45) is 4.72. The molecule has 0 saturated carbocycles. The molecule has 8 aromatic rings. The van der Waals surface area contributed by atoms with Crippen LogP contribution in [0.2, 0.25) is 0 Å². The van der Waals surface area contributed by atoms with E-state index >= 15 is 0 Å². The number of aromatic nitrogens is 4. The smallest absolute Gasteiger partial charge is 0.744 e. The van der Waals surface area contributed by atoms with E-state index in [1.165, 1.54) is 13.8 Å². The molecule has 0 aliphatic carbocycles. The van der Waals surface area contributed by atoms with Crippen LogP contribution in [-0.2, 0) is 104 Å². The molecule has 0 unspecified atom stereocenters. The average Bonchev–Trinajstić information content (AvgIpc) is 1.56. The van der Waals surface area contributed by atoms with Gasteiger partial charge in [-0.1, -0.05) is 73.8 Å². The van der Waals surface area contributed by atoms with Crippen LogP contribution in [0, 0.1) is 13.8 Å². The van der Waals surface area contributed by atoms with Crippen molar-refractivity contribution in [2.75, 3.05) is 10.6 Å². The summed E-state index contributed by atoms with van der Waals surface area (Å²) in [5.74, 6) is -6.24. The number of hydrogen-bond donors (Lipinski definition) is 2. The van der Waals surface area contributed by atoms with Gasteiger partial charge in [-0.05, 0) is 107 Å². The molecule has 104 heavy (non-hydrogen) atoms. The van der Waals surface area contributed by atoms with Gasteiger partial charge < -0.3 is 77.6 Å². The zero-order valence-electron chi connectivity index (χ0n) is 54.1. The molecule has 518 valence electrons. The second kappa shape index (κ2) is 40.2. The number of anilines is 2. The molecule has 50 heteroatoms. The minimum Gasteiger partial charge on any atom is -0.744 e. The monoisotopic (exact) mass is 1690 g/mol. The second-order valence-electron chi connectivity index (χ2n) is 19.3. The normalized spacial score (nSPS) is 11.8. The number of nitrogens with zero attached hydrogens (tertiary/aromatic N) is 8. The maximum absolute atomic E-state index is 13.4. The summed E-state index contributed by atoms with van der Waals surface area (Å²) in [7, 11) is -32.1. The van der Waals surface area contributed by atoms with Crippen LogP contribution >= 0.6 is 0 Å². The maximum atomic E-state index is 13.4. The first-order valence-electron chi connectivity index (χ1n) is 25.6. The van der Waals surface area contributed by atoms with Gasteiger partial charge in [0.05, 0.1) is 64.1 Å². The van der Waals surface area contributed by atoms with E-state index in [1.54, 1.807) is 0 Å². The van der Waals surface area contributed by atoms with Crippen LogP contribution in [0.4, 0.5) is 34.1 Å². The fraction of sp³-hybridized carbons (Fsp3) is 0.0370. The summed E-state index contributed by atoms with van der Waals surface area (Å²) in [6.45, 7) is 2.45. The third kappa shape index (κ3) is 25.3. The van der Waals surface area contributed by atoms with E-state index in [9.17, 15) is 117 Å². The molecule has 2 N–H and O–H groups in total. The van der Waals surface area contributed by atoms with Crippen LogP contribution in [0.15, 0.2) is 181 Å². The Morgan fingerprint density at radius 2 is 0.692 bits per heavy atom. The van der Waals surface area contributed by atoms with E-state index in [1.807, 2.05) is 0 Å². The summed E-state index contributed by atoms with van der Waals surface area (Å²) in [6, 6.07) is 14.7. The van der Waals surface area contributed by atoms with Crippen molar-refractivity contribution in [3.63, 3.8) is 0 Å². The van der Waals surface area contributed by atoms with Crippen LogP contribution in [0.25, 0.3) is 35.7 Å². The molecule has 6 aromatic carbocycles. The molecule has 2 radical (unpaired) electrons. The number of carbonyl (C=O) groups is 4. The number of carboxylic acids is 2. The van der Waals surface area contributed by atoms with Gasteiger partial charge in [0.15, 0.2) is 0 Å². The average molecular weight is 1690 g/mol. The van der Waals surface area contributed by atoms with Gasteiger partial charge in [0.2, 0.25) is 11.8 Å². The van der Waals surface area contributed by atoms with E-state index < -0.39 is 181 Å². The Hall–Kier alpha value is -3.86. The van der Waals surface area contributed by atoms with E-state index in [4.69, 9.17) is 0 Å². The standard InChI is InChI=1S/C54H40N10O26S6.2Cu.6Na/c1-27-49(59-57-41-17-15-37(91(73,74)75)25-39(41)53(69)70)51(67)63(61-27)35-13-9-31(45(23-35)95(85,86)87)5-3-29-7-11-33(21-43(29)93(79,80)81)55-47(65)19-20-48(66)56-34-12-8-30(44(22-34)94(82,83)84)4-6-32-10-14-36(24-46(32)96(88,89)90)64-52(68)50(28(2)62-64)60-58-42-18-16-38(92(76,77)78)26-40(42)54(71)72;;;;;;;;/h3-26H,1-2H3,(H,55,65)(H,56,66)(H,69,70)(H,71,72)(H,73,74,75)(H,76,77,78)(H,79,80,81)(H,82,83,84)(H,85,86,87)(H,88,89,90);;;;;;;;/q-2;2*+2;6*+1/p-8. The van der Waals surface area contributed by atoms with Crippen LogP contribution < -0.4 is 209 Å². The van der Waals surface area contributed by atoms with Crippen LogP contribution in [0.3, 0.4) is 0 Å². The van der Waals surface area contributed by atoms with Gasteiger partial charge >= 0.3 is 211 Å². The number of aryl methyl sites for hydroxylation is 2. The summed E-state index contributed by atoms with van der Waals surface area (Å²) >= 11 is 0. The fourth-order valence-corrected chi connectivity index (χ4v) is 12.2. The Labute approximate surface area is 742 Å². The van der Waals surface area contributed by atoms with Crippen molar-refractivity contribution >= 4 is 143 Å². The predicted molar refractivity (Wildman–Crippen MR) is 315 cm³/mol. The molecule has 0 fully saturated rings. The number of azo groups is 2. The number of benzene rings is 6. The minimum absolute atomic E-state index is 0. The van der Waals surface area contributed by atoms with Crippen molar-refractivity contribution in [2.24, 2.45) is 20.5 Å². The zero-order chi connectivity index (χ0) is 70.9. The van der Waals surface area contributed by atoms with Crippen LogP contribution in [0.1, 0.15) is 54.4 Å². The van der Waals surface area contributed by atoms with E-state index in [0.29, 0.717) is 70.0 Å². The van der Waals surface area contributed by atoms with Gasteiger partial charge in [0.25, 0.3) is 0 Å². The number of carbonyl (C=O) groups excluding carboxylic acids is 4. The van der Waals surface area contributed by atoms with Gasteiger partial charge in [-0.2, -0.15) is 10.2 Å². The van der Waals surface area contributed by atoms with Crippen molar-refractivity contribution in [3.05, 3.63) is 187 Å². The first-order chi connectivity index (χ1) is 44.5. The molecule has 36 nitrogen and oxygen atoms in total. The number of hydrogen-bond acceptors (Lipinski definition) is 32. The van der Waals surface area contributed by atoms with Crippen molar-refractivity contribution in [1.82, 2.24) is 19.6 Å². The molecule has 0 bridgehead atoms. The first-order valence-corrected chi connectivity index (χ1v) is 34.0. The summed E-state index contributed by atoms with van der Waals surface area (Å²) in [4.78, 5) is 70.0. The Morgan fingerprint density at radius 1 is 0.413 bits per heavy atom.